The second-order valence-corrected chi connectivity index (χ2v) is 8.14. The zero-order chi connectivity index (χ0) is 23.3. The number of ether oxygens (including phenoxy) is 2. The highest BCUT2D eigenvalue weighted by molar-refractivity contribution is 6.31. The van der Waals surface area contributed by atoms with Gasteiger partial charge in [-0.3, -0.25) is 9.59 Å². The van der Waals surface area contributed by atoms with Gasteiger partial charge in [0.15, 0.2) is 5.60 Å². The molecule has 1 spiro atoms. The first-order valence-corrected chi connectivity index (χ1v) is 10.5. The number of carbonyl (C=O) groups is 4. The first-order valence-electron chi connectivity index (χ1n) is 10.2. The van der Waals surface area contributed by atoms with Crippen molar-refractivity contribution in [1.29, 1.82) is 0 Å². The van der Waals surface area contributed by atoms with Crippen molar-refractivity contribution in [3.8, 4) is 0 Å². The van der Waals surface area contributed by atoms with Gasteiger partial charge >= 0.3 is 23.9 Å². The Bertz CT molecular complexity index is 999. The zero-order valence-corrected chi connectivity index (χ0v) is 18.3. The van der Waals surface area contributed by atoms with Gasteiger partial charge in [0.2, 0.25) is 0 Å². The summed E-state index contributed by atoms with van der Waals surface area (Å²) in [7, 11) is 0. The molecule has 3 heterocycles. The van der Waals surface area contributed by atoms with Crippen molar-refractivity contribution in [3.63, 3.8) is 0 Å². The number of hydroxylamine groups is 1. The highest BCUT2D eigenvalue weighted by Gasteiger charge is 2.66. The molecule has 0 saturated carbocycles. The minimum atomic E-state index is -2.56. The van der Waals surface area contributed by atoms with Crippen LogP contribution in [0.1, 0.15) is 37.0 Å². The third-order valence-electron chi connectivity index (χ3n) is 5.70. The number of rotatable bonds is 5. The Balaban J connectivity index is 1.91. The monoisotopic (exact) mass is 467 g/mol. The Morgan fingerprint density at radius 3 is 2.47 bits per heavy atom. The van der Waals surface area contributed by atoms with Crippen LogP contribution in [0.15, 0.2) is 18.2 Å². The highest BCUT2D eigenvalue weighted by atomic mass is 35.5. The standard InChI is InChI=1S/C20H22ClN3O8/c1-3-22(4-2)7-8-23-17(27)13-9-12(21)5-6-14(13)24-20(23)30-15(25)10-19(29,18(28)31-20)11-16(26)32-24/h5-6,9,29H,3-4,7-8,10-11H2,1-2H3. The number of fused-ring (bicyclic) bond motifs is 4. The maximum Gasteiger partial charge on any atom is 0.474 e. The minimum Gasteiger partial charge on any atom is -0.383 e. The molecule has 0 radical (unpaired) electrons. The van der Waals surface area contributed by atoms with Gasteiger partial charge in [0, 0.05) is 18.1 Å². The van der Waals surface area contributed by atoms with Crippen LogP contribution in [0.5, 0.6) is 0 Å². The highest BCUT2D eigenvalue weighted by Crippen LogP contribution is 2.44. The third kappa shape index (κ3) is 3.46. The maximum absolute atomic E-state index is 13.5. The number of hydrogen-bond acceptors (Lipinski definition) is 10. The van der Waals surface area contributed by atoms with Gasteiger partial charge in [0.1, 0.15) is 0 Å². The number of anilines is 1. The van der Waals surface area contributed by atoms with Crippen LogP contribution in [0.4, 0.5) is 5.69 Å². The Morgan fingerprint density at radius 1 is 1.09 bits per heavy atom. The summed E-state index contributed by atoms with van der Waals surface area (Å²) in [6.07, 6.45) is -1.66. The molecule has 3 aliphatic heterocycles. The van der Waals surface area contributed by atoms with Gasteiger partial charge < -0.3 is 24.3 Å². The summed E-state index contributed by atoms with van der Waals surface area (Å²) >= 11 is 6.08. The van der Waals surface area contributed by atoms with Crippen molar-refractivity contribution in [2.24, 2.45) is 0 Å². The molecule has 0 aliphatic carbocycles. The number of carbonyl (C=O) groups excluding carboxylic acids is 4. The lowest BCUT2D eigenvalue weighted by Gasteiger charge is -2.49. The number of halogens is 1. The lowest BCUT2D eigenvalue weighted by molar-refractivity contribution is -0.303. The summed E-state index contributed by atoms with van der Waals surface area (Å²) in [4.78, 5) is 60.0. The van der Waals surface area contributed by atoms with Gasteiger partial charge in [-0.15, -0.1) is 5.06 Å². The number of hydrogen-bond donors (Lipinski definition) is 1. The molecule has 12 heteroatoms. The van der Waals surface area contributed by atoms with Crippen LogP contribution in [-0.2, 0) is 28.7 Å². The number of esters is 2. The average Bonchev–Trinajstić information content (AvgIpc) is 2.79. The van der Waals surface area contributed by atoms with Crippen LogP contribution in [0.2, 0.25) is 5.02 Å². The van der Waals surface area contributed by atoms with Gasteiger partial charge in [0.05, 0.1) is 24.1 Å². The van der Waals surface area contributed by atoms with E-state index in [1.165, 1.54) is 18.2 Å². The van der Waals surface area contributed by atoms with Crippen LogP contribution in [0.25, 0.3) is 0 Å². The Hall–Kier alpha value is -2.89. The molecule has 3 aliphatic rings. The van der Waals surface area contributed by atoms with Crippen molar-refractivity contribution < 1.29 is 38.6 Å². The fraction of sp³-hybridized carbons (Fsp3) is 0.500. The van der Waals surface area contributed by atoms with Crippen LogP contribution >= 0.6 is 11.6 Å². The number of nitrogens with zero attached hydrogens (tertiary/aromatic N) is 3. The maximum atomic E-state index is 13.5. The predicted octanol–water partition coefficient (Wildman–Crippen LogP) is 0.638. The molecule has 2 fully saturated rings. The fourth-order valence-corrected chi connectivity index (χ4v) is 4.13. The molecular weight excluding hydrogens is 446 g/mol. The van der Waals surface area contributed by atoms with Gasteiger partial charge in [0.25, 0.3) is 5.91 Å². The Labute approximate surface area is 188 Å². The molecule has 4 rings (SSSR count). The van der Waals surface area contributed by atoms with Crippen molar-refractivity contribution >= 4 is 41.1 Å². The second kappa shape index (κ2) is 7.91. The minimum absolute atomic E-state index is 0.0137. The van der Waals surface area contributed by atoms with Crippen molar-refractivity contribution in [1.82, 2.24) is 9.80 Å². The van der Waals surface area contributed by atoms with Gasteiger partial charge in [-0.1, -0.05) is 25.4 Å². The van der Waals surface area contributed by atoms with E-state index in [9.17, 15) is 24.3 Å². The van der Waals surface area contributed by atoms with Crippen molar-refractivity contribution in [2.45, 2.75) is 38.3 Å². The van der Waals surface area contributed by atoms with Crippen molar-refractivity contribution in [2.75, 3.05) is 31.2 Å². The molecule has 1 amide bonds. The molecule has 2 saturated heterocycles. The van der Waals surface area contributed by atoms with Crippen LogP contribution in [-0.4, -0.2) is 76.5 Å². The van der Waals surface area contributed by atoms with E-state index in [1.54, 1.807) is 0 Å². The largest absolute Gasteiger partial charge is 0.474 e. The summed E-state index contributed by atoms with van der Waals surface area (Å²) in [5.41, 5.74) is -2.40. The number of aliphatic hydroxyl groups is 1. The van der Waals surface area contributed by atoms with E-state index in [-0.39, 0.29) is 22.8 Å². The van der Waals surface area contributed by atoms with E-state index in [1.807, 2.05) is 18.7 Å². The number of likely N-dealkylation sites (N-methyl/N-ethyl adjacent to an activating group) is 1. The molecule has 1 aromatic carbocycles. The van der Waals surface area contributed by atoms with Crippen LogP contribution < -0.4 is 5.06 Å². The Kier molecular flexibility index (Phi) is 5.51. The van der Waals surface area contributed by atoms with E-state index in [0.717, 1.165) is 9.96 Å². The van der Waals surface area contributed by atoms with E-state index in [4.69, 9.17) is 25.9 Å². The fourth-order valence-electron chi connectivity index (χ4n) is 3.96. The van der Waals surface area contributed by atoms with Gasteiger partial charge in [-0.2, -0.15) is 0 Å². The molecule has 32 heavy (non-hydrogen) atoms. The molecule has 2 atom stereocenters. The summed E-state index contributed by atoms with van der Waals surface area (Å²) in [6, 6.07) is 1.64. The summed E-state index contributed by atoms with van der Waals surface area (Å²) in [5, 5.41) is 11.7. The van der Waals surface area contributed by atoms with Gasteiger partial charge in [-0.25, -0.2) is 14.5 Å². The first kappa shape index (κ1) is 22.3. The third-order valence-corrected chi connectivity index (χ3v) is 5.94. The molecule has 11 nitrogen and oxygen atoms in total. The SMILES string of the molecule is CCN(CC)CCN1C(=O)c2cc(Cl)ccc2N2OC(=O)CC3(O)CC(=O)OC12OC3=O. The lowest BCUT2D eigenvalue weighted by Crippen LogP contribution is -2.71. The van der Waals surface area contributed by atoms with E-state index < -0.39 is 48.3 Å². The quantitative estimate of drug-likeness (QED) is 0.616. The summed E-state index contributed by atoms with van der Waals surface area (Å²) in [6.45, 7) is 5.49. The predicted molar refractivity (Wildman–Crippen MR) is 108 cm³/mol. The van der Waals surface area contributed by atoms with E-state index in [2.05, 4.69) is 0 Å². The molecule has 0 aromatic heterocycles. The molecule has 172 valence electrons. The van der Waals surface area contributed by atoms with E-state index in [0.29, 0.717) is 19.6 Å². The molecule has 1 aromatic rings. The second-order valence-electron chi connectivity index (χ2n) is 7.70. The molecule has 2 unspecified atom stereocenters. The van der Waals surface area contributed by atoms with Crippen molar-refractivity contribution in [3.05, 3.63) is 28.8 Å². The molecular formula is C20H22ClN3O8. The molecule has 2 bridgehead atoms. The number of amides is 1. The lowest BCUT2D eigenvalue weighted by atomic mass is 9.96. The summed E-state index contributed by atoms with van der Waals surface area (Å²) < 4.78 is 10.9. The van der Waals surface area contributed by atoms with Gasteiger partial charge in [-0.05, 0) is 31.3 Å². The average molecular weight is 468 g/mol. The topological polar surface area (TPSA) is 126 Å². The molecule has 1 N–H and O–H groups in total. The van der Waals surface area contributed by atoms with E-state index >= 15 is 0 Å². The zero-order valence-electron chi connectivity index (χ0n) is 17.5. The normalized spacial score (nSPS) is 27.2. The summed E-state index contributed by atoms with van der Waals surface area (Å²) in [5.74, 6) is -3.98. The van der Waals surface area contributed by atoms with Crippen LogP contribution in [0.3, 0.4) is 0 Å². The first-order chi connectivity index (χ1) is 15.1. The smallest absolute Gasteiger partial charge is 0.383 e. The Morgan fingerprint density at radius 2 is 1.78 bits per heavy atom. The van der Waals surface area contributed by atoms with Crippen LogP contribution in [0, 0.1) is 0 Å². The number of benzene rings is 1.